The minimum absolute atomic E-state index is 0.252. The predicted molar refractivity (Wildman–Crippen MR) is 54.7 cm³/mol. The second-order valence-electron chi connectivity index (χ2n) is 4.02. The van der Waals surface area contributed by atoms with Crippen LogP contribution in [-0.2, 0) is 17.8 Å². The van der Waals surface area contributed by atoms with Crippen molar-refractivity contribution in [1.29, 1.82) is 0 Å². The molecule has 0 aromatic carbocycles. The van der Waals surface area contributed by atoms with Gasteiger partial charge < -0.3 is 9.63 Å². The maximum absolute atomic E-state index is 10.8. The number of hydrogen-bond acceptors (Lipinski definition) is 5. The third kappa shape index (κ3) is 2.38. The molecule has 0 amide bonds. The minimum Gasteiger partial charge on any atom is -0.481 e. The number of aliphatic carboxylic acids is 1. The van der Waals surface area contributed by atoms with Crippen LogP contribution in [0.25, 0.3) is 0 Å². The van der Waals surface area contributed by atoms with Gasteiger partial charge in [-0.25, -0.2) is 0 Å². The minimum atomic E-state index is -0.718. The van der Waals surface area contributed by atoms with Gasteiger partial charge in [-0.05, 0) is 13.0 Å². The number of carbonyl (C=O) groups is 1. The molecule has 2 heterocycles. The van der Waals surface area contributed by atoms with E-state index in [1.54, 1.807) is 0 Å². The Bertz CT molecular complexity index is 377. The standard InChI is InChI=1S/C10H15N3O3/c1-2-9-11-8(12-16-9)6-13-4-3-7(5-13)10(14)15/h7H,2-6H2,1H3,(H,14,15)/t7-/m0/s1. The summed E-state index contributed by atoms with van der Waals surface area (Å²) in [5.74, 6) is 0.300. The highest BCUT2D eigenvalue weighted by Gasteiger charge is 2.28. The topological polar surface area (TPSA) is 79.5 Å². The molecular formula is C10H15N3O3. The molecule has 6 nitrogen and oxygen atoms in total. The van der Waals surface area contributed by atoms with E-state index in [1.807, 2.05) is 11.8 Å². The fraction of sp³-hybridized carbons (Fsp3) is 0.700. The van der Waals surface area contributed by atoms with E-state index in [1.165, 1.54) is 0 Å². The van der Waals surface area contributed by atoms with Gasteiger partial charge in [-0.1, -0.05) is 12.1 Å². The Kier molecular flexibility index (Phi) is 3.19. The molecule has 1 aromatic rings. The first-order chi connectivity index (χ1) is 7.69. The Hall–Kier alpha value is -1.43. The monoisotopic (exact) mass is 225 g/mol. The Morgan fingerprint density at radius 1 is 1.69 bits per heavy atom. The Labute approximate surface area is 93.2 Å². The largest absolute Gasteiger partial charge is 0.481 e. The quantitative estimate of drug-likeness (QED) is 0.805. The summed E-state index contributed by atoms with van der Waals surface area (Å²) in [7, 11) is 0. The molecule has 0 aliphatic carbocycles. The van der Waals surface area contributed by atoms with Gasteiger partial charge in [0.2, 0.25) is 5.89 Å². The van der Waals surface area contributed by atoms with Crippen LogP contribution < -0.4 is 0 Å². The van der Waals surface area contributed by atoms with Gasteiger partial charge >= 0.3 is 5.97 Å². The second kappa shape index (κ2) is 4.61. The molecule has 88 valence electrons. The lowest BCUT2D eigenvalue weighted by Gasteiger charge is -2.11. The maximum atomic E-state index is 10.8. The molecule has 0 saturated carbocycles. The summed E-state index contributed by atoms with van der Waals surface area (Å²) in [6.45, 7) is 3.89. The van der Waals surface area contributed by atoms with Crippen molar-refractivity contribution in [3.63, 3.8) is 0 Å². The summed E-state index contributed by atoms with van der Waals surface area (Å²) in [5, 5.41) is 12.7. The number of nitrogens with zero attached hydrogens (tertiary/aromatic N) is 3. The normalized spacial score (nSPS) is 21.4. The summed E-state index contributed by atoms with van der Waals surface area (Å²) in [4.78, 5) is 17.0. The third-order valence-corrected chi connectivity index (χ3v) is 2.80. The van der Waals surface area contributed by atoms with Crippen LogP contribution in [0.3, 0.4) is 0 Å². The van der Waals surface area contributed by atoms with E-state index in [4.69, 9.17) is 9.63 Å². The molecule has 0 radical (unpaired) electrons. The summed E-state index contributed by atoms with van der Waals surface area (Å²) in [6.07, 6.45) is 1.43. The number of likely N-dealkylation sites (tertiary alicyclic amines) is 1. The van der Waals surface area contributed by atoms with Crippen LogP contribution >= 0.6 is 0 Å². The van der Waals surface area contributed by atoms with Gasteiger partial charge in [-0.15, -0.1) is 0 Å². The Balaban J connectivity index is 1.89. The summed E-state index contributed by atoms with van der Waals surface area (Å²) < 4.78 is 4.99. The molecule has 0 spiro atoms. The van der Waals surface area contributed by atoms with Crippen molar-refractivity contribution in [3.05, 3.63) is 11.7 Å². The smallest absolute Gasteiger partial charge is 0.307 e. The summed E-state index contributed by atoms with van der Waals surface area (Å²) >= 11 is 0. The van der Waals surface area contributed by atoms with E-state index in [0.717, 1.165) is 13.0 Å². The zero-order valence-electron chi connectivity index (χ0n) is 9.22. The van der Waals surface area contributed by atoms with Crippen molar-refractivity contribution in [2.24, 2.45) is 5.92 Å². The van der Waals surface area contributed by atoms with Crippen LogP contribution in [0, 0.1) is 5.92 Å². The molecule has 1 aliphatic rings. The third-order valence-electron chi connectivity index (χ3n) is 2.80. The van der Waals surface area contributed by atoms with Gasteiger partial charge in [0.05, 0.1) is 12.5 Å². The zero-order chi connectivity index (χ0) is 11.5. The van der Waals surface area contributed by atoms with Gasteiger partial charge in [0.15, 0.2) is 5.82 Å². The highest BCUT2D eigenvalue weighted by Crippen LogP contribution is 2.17. The zero-order valence-corrected chi connectivity index (χ0v) is 9.22. The van der Waals surface area contributed by atoms with Crippen molar-refractivity contribution in [1.82, 2.24) is 15.0 Å². The van der Waals surface area contributed by atoms with Crippen LogP contribution in [0.2, 0.25) is 0 Å². The average Bonchev–Trinajstić information content (AvgIpc) is 2.87. The predicted octanol–water partition coefficient (Wildman–Crippen LogP) is 0.538. The number of rotatable bonds is 4. The molecule has 1 saturated heterocycles. The van der Waals surface area contributed by atoms with Crippen molar-refractivity contribution in [2.45, 2.75) is 26.3 Å². The lowest BCUT2D eigenvalue weighted by molar-refractivity contribution is -0.141. The molecule has 2 rings (SSSR count). The van der Waals surface area contributed by atoms with Crippen molar-refractivity contribution >= 4 is 5.97 Å². The van der Waals surface area contributed by atoms with Gasteiger partial charge in [0.1, 0.15) is 0 Å². The molecule has 0 bridgehead atoms. The number of hydrogen-bond donors (Lipinski definition) is 1. The number of carboxylic acid groups (broad SMARTS) is 1. The van der Waals surface area contributed by atoms with Gasteiger partial charge in [0, 0.05) is 13.0 Å². The number of aromatic nitrogens is 2. The second-order valence-corrected chi connectivity index (χ2v) is 4.02. The van der Waals surface area contributed by atoms with Crippen molar-refractivity contribution in [2.75, 3.05) is 13.1 Å². The highest BCUT2D eigenvalue weighted by molar-refractivity contribution is 5.70. The van der Waals surface area contributed by atoms with E-state index >= 15 is 0 Å². The molecular weight excluding hydrogens is 210 g/mol. The first-order valence-corrected chi connectivity index (χ1v) is 5.45. The average molecular weight is 225 g/mol. The molecule has 1 atom stereocenters. The van der Waals surface area contributed by atoms with Crippen LogP contribution in [-0.4, -0.2) is 39.2 Å². The molecule has 1 N–H and O–H groups in total. The Morgan fingerprint density at radius 2 is 2.50 bits per heavy atom. The summed E-state index contributed by atoms with van der Waals surface area (Å²) in [6, 6.07) is 0. The number of carboxylic acids is 1. The maximum Gasteiger partial charge on any atom is 0.307 e. The highest BCUT2D eigenvalue weighted by atomic mass is 16.5. The van der Waals surface area contributed by atoms with E-state index in [2.05, 4.69) is 10.1 Å². The SMILES string of the molecule is CCc1nc(CN2CC[C@H](C(=O)O)C2)no1. The van der Waals surface area contributed by atoms with Crippen LogP contribution in [0.1, 0.15) is 25.1 Å². The van der Waals surface area contributed by atoms with E-state index in [-0.39, 0.29) is 5.92 Å². The molecule has 6 heteroatoms. The van der Waals surface area contributed by atoms with Crippen molar-refractivity contribution in [3.8, 4) is 0 Å². The molecule has 1 aromatic heterocycles. The van der Waals surface area contributed by atoms with Crippen molar-refractivity contribution < 1.29 is 14.4 Å². The lowest BCUT2D eigenvalue weighted by Crippen LogP contribution is -2.23. The van der Waals surface area contributed by atoms with Crippen LogP contribution in [0.15, 0.2) is 4.52 Å². The van der Waals surface area contributed by atoms with Crippen LogP contribution in [0.4, 0.5) is 0 Å². The first kappa shape index (κ1) is 11.1. The van der Waals surface area contributed by atoms with E-state index in [9.17, 15) is 4.79 Å². The van der Waals surface area contributed by atoms with Gasteiger partial charge in [-0.3, -0.25) is 9.69 Å². The summed E-state index contributed by atoms with van der Waals surface area (Å²) in [5.41, 5.74) is 0. The fourth-order valence-electron chi connectivity index (χ4n) is 1.88. The lowest BCUT2D eigenvalue weighted by atomic mass is 10.1. The van der Waals surface area contributed by atoms with E-state index in [0.29, 0.717) is 31.2 Å². The first-order valence-electron chi connectivity index (χ1n) is 5.45. The molecule has 1 aliphatic heterocycles. The van der Waals surface area contributed by atoms with E-state index < -0.39 is 5.97 Å². The molecule has 1 fully saturated rings. The fourth-order valence-corrected chi connectivity index (χ4v) is 1.88. The van der Waals surface area contributed by atoms with Gasteiger partial charge in [0.25, 0.3) is 0 Å². The van der Waals surface area contributed by atoms with Gasteiger partial charge in [-0.2, -0.15) is 4.98 Å². The van der Waals surface area contributed by atoms with Crippen LogP contribution in [0.5, 0.6) is 0 Å². The molecule has 16 heavy (non-hydrogen) atoms. The Morgan fingerprint density at radius 3 is 3.06 bits per heavy atom. The number of aryl methyl sites for hydroxylation is 1. The molecule has 0 unspecified atom stereocenters.